The smallest absolute Gasteiger partial charge is 0.259 e. The number of benzene rings is 2. The first-order valence-corrected chi connectivity index (χ1v) is 10.9. The summed E-state index contributed by atoms with van der Waals surface area (Å²) in [5.74, 6) is 0.148. The summed E-state index contributed by atoms with van der Waals surface area (Å²) in [7, 11) is 0. The van der Waals surface area contributed by atoms with Crippen molar-refractivity contribution in [1.29, 1.82) is 0 Å². The Morgan fingerprint density at radius 3 is 2.66 bits per heavy atom. The van der Waals surface area contributed by atoms with Gasteiger partial charge in [0.05, 0.1) is 22.8 Å². The van der Waals surface area contributed by atoms with E-state index in [0.29, 0.717) is 28.8 Å². The number of fused-ring (bicyclic) bond motifs is 3. The summed E-state index contributed by atoms with van der Waals surface area (Å²) < 4.78 is 0. The molecule has 1 saturated heterocycles. The van der Waals surface area contributed by atoms with E-state index in [4.69, 9.17) is 0 Å². The van der Waals surface area contributed by atoms with Crippen LogP contribution in [-0.2, 0) is 5.41 Å². The van der Waals surface area contributed by atoms with Crippen molar-refractivity contribution in [1.82, 2.24) is 20.5 Å². The molecule has 4 aromatic rings. The Morgan fingerprint density at radius 2 is 1.84 bits per heavy atom. The molecule has 0 unspecified atom stereocenters. The van der Waals surface area contributed by atoms with Crippen LogP contribution < -0.4 is 10.2 Å². The van der Waals surface area contributed by atoms with Crippen LogP contribution in [0, 0.1) is 0 Å². The van der Waals surface area contributed by atoms with Gasteiger partial charge < -0.3 is 15.3 Å². The van der Waals surface area contributed by atoms with Crippen molar-refractivity contribution in [3.63, 3.8) is 0 Å². The number of phenolic OH excluding ortho intramolecular Hbond substituents is 1. The molecule has 32 heavy (non-hydrogen) atoms. The van der Waals surface area contributed by atoms with Gasteiger partial charge in [0.15, 0.2) is 5.65 Å². The number of carbonyl (C=O) groups is 1. The Morgan fingerprint density at radius 1 is 1.06 bits per heavy atom. The van der Waals surface area contributed by atoms with Gasteiger partial charge in [-0.05, 0) is 67.9 Å². The predicted molar refractivity (Wildman–Crippen MR) is 123 cm³/mol. The molecule has 3 N–H and O–H groups in total. The molecule has 0 atom stereocenters. The minimum absolute atomic E-state index is 0.000166. The lowest BCUT2D eigenvalue weighted by atomic mass is 9.75. The first-order chi connectivity index (χ1) is 15.6. The molecule has 2 aromatic heterocycles. The Balaban J connectivity index is 1.46. The third kappa shape index (κ3) is 2.89. The van der Waals surface area contributed by atoms with E-state index in [1.807, 2.05) is 17.0 Å². The van der Waals surface area contributed by atoms with Gasteiger partial charge in [0, 0.05) is 23.2 Å². The maximum absolute atomic E-state index is 14.0. The Labute approximate surface area is 185 Å². The van der Waals surface area contributed by atoms with Crippen molar-refractivity contribution in [2.24, 2.45) is 0 Å². The van der Waals surface area contributed by atoms with Crippen LogP contribution in [0.3, 0.4) is 0 Å². The third-order valence-corrected chi connectivity index (χ3v) is 6.85. The molecule has 0 radical (unpaired) electrons. The average molecular weight is 425 g/mol. The summed E-state index contributed by atoms with van der Waals surface area (Å²) in [5.41, 5.74) is 4.90. The highest BCUT2D eigenvalue weighted by molar-refractivity contribution is 6.14. The second-order valence-corrected chi connectivity index (χ2v) is 8.67. The number of nitrogens with zero attached hydrogens (tertiary/aromatic N) is 3. The number of piperidine rings is 1. The van der Waals surface area contributed by atoms with Crippen LogP contribution in [0.4, 0.5) is 5.69 Å². The minimum atomic E-state index is -0.0401. The molecular weight excluding hydrogens is 402 g/mol. The molecule has 2 aromatic carbocycles. The number of aromatic amines is 1. The number of hydrogen-bond donors (Lipinski definition) is 3. The molecular formula is C25H23N5O2. The summed E-state index contributed by atoms with van der Waals surface area (Å²) in [6.45, 7) is 2.61. The number of H-pyrrole nitrogens is 1. The zero-order valence-corrected chi connectivity index (χ0v) is 17.5. The van der Waals surface area contributed by atoms with Crippen LogP contribution in [0.2, 0.25) is 0 Å². The van der Waals surface area contributed by atoms with Crippen molar-refractivity contribution in [2.45, 2.75) is 18.3 Å². The van der Waals surface area contributed by atoms with E-state index < -0.39 is 0 Å². The zero-order valence-electron chi connectivity index (χ0n) is 17.5. The quantitative estimate of drug-likeness (QED) is 0.456. The van der Waals surface area contributed by atoms with Gasteiger partial charge in [-0.1, -0.05) is 18.2 Å². The fourth-order valence-electron chi connectivity index (χ4n) is 5.18. The van der Waals surface area contributed by atoms with E-state index in [9.17, 15) is 9.90 Å². The number of rotatable bonds is 2. The SMILES string of the molecule is O=C(c1cc(-c2ccc(O)cc2)nc2[nH]ncc12)N1CC2(CCNCC2)c2ccccc21. The largest absolute Gasteiger partial charge is 0.508 e. The lowest BCUT2D eigenvalue weighted by molar-refractivity contribution is 0.0984. The van der Waals surface area contributed by atoms with E-state index in [-0.39, 0.29) is 17.1 Å². The van der Waals surface area contributed by atoms with Crippen molar-refractivity contribution < 1.29 is 9.90 Å². The van der Waals surface area contributed by atoms with Gasteiger partial charge >= 0.3 is 0 Å². The summed E-state index contributed by atoms with van der Waals surface area (Å²) in [6.07, 6.45) is 3.70. The topological polar surface area (TPSA) is 94.1 Å². The minimum Gasteiger partial charge on any atom is -0.508 e. The molecule has 160 valence electrons. The molecule has 7 heteroatoms. The summed E-state index contributed by atoms with van der Waals surface area (Å²) in [6, 6.07) is 17.0. The number of aromatic nitrogens is 3. The molecule has 4 heterocycles. The maximum atomic E-state index is 14.0. The van der Waals surface area contributed by atoms with Crippen molar-refractivity contribution >= 4 is 22.6 Å². The van der Waals surface area contributed by atoms with E-state index >= 15 is 0 Å². The lowest BCUT2D eigenvalue weighted by Crippen LogP contribution is -2.44. The highest BCUT2D eigenvalue weighted by Crippen LogP contribution is 2.46. The van der Waals surface area contributed by atoms with Crippen molar-refractivity contribution in [2.75, 3.05) is 24.5 Å². The molecule has 0 bridgehead atoms. The van der Waals surface area contributed by atoms with Crippen molar-refractivity contribution in [3.05, 3.63) is 71.9 Å². The monoisotopic (exact) mass is 425 g/mol. The van der Waals surface area contributed by atoms with Gasteiger partial charge in [-0.3, -0.25) is 9.89 Å². The second-order valence-electron chi connectivity index (χ2n) is 8.67. The van der Waals surface area contributed by atoms with Crippen LogP contribution in [-0.4, -0.2) is 45.8 Å². The van der Waals surface area contributed by atoms with Gasteiger partial charge in [-0.15, -0.1) is 0 Å². The molecule has 1 fully saturated rings. The first kappa shape index (κ1) is 19.0. The number of hydrogen-bond acceptors (Lipinski definition) is 5. The maximum Gasteiger partial charge on any atom is 0.259 e. The molecule has 2 aliphatic rings. The number of para-hydroxylation sites is 1. The van der Waals surface area contributed by atoms with E-state index in [1.165, 1.54) is 5.56 Å². The number of amides is 1. The van der Waals surface area contributed by atoms with Crippen LogP contribution in [0.1, 0.15) is 28.8 Å². The molecule has 0 aliphatic carbocycles. The molecule has 6 rings (SSSR count). The van der Waals surface area contributed by atoms with Gasteiger partial charge in [0.25, 0.3) is 5.91 Å². The third-order valence-electron chi connectivity index (χ3n) is 6.85. The Kier molecular flexibility index (Phi) is 4.26. The number of nitrogens with one attached hydrogen (secondary N) is 2. The average Bonchev–Trinajstić information content (AvgIpc) is 3.43. The second kappa shape index (κ2) is 7.17. The first-order valence-electron chi connectivity index (χ1n) is 10.9. The van der Waals surface area contributed by atoms with Crippen LogP contribution in [0.25, 0.3) is 22.3 Å². The van der Waals surface area contributed by atoms with E-state index in [2.05, 4.69) is 38.7 Å². The van der Waals surface area contributed by atoms with Crippen LogP contribution >= 0.6 is 0 Å². The fraction of sp³-hybridized carbons (Fsp3) is 0.240. The number of anilines is 1. The van der Waals surface area contributed by atoms with Gasteiger partial charge in [-0.2, -0.15) is 5.10 Å². The van der Waals surface area contributed by atoms with Crippen LogP contribution in [0.15, 0.2) is 60.8 Å². The fourth-order valence-corrected chi connectivity index (χ4v) is 5.18. The van der Waals surface area contributed by atoms with Crippen LogP contribution in [0.5, 0.6) is 5.75 Å². The van der Waals surface area contributed by atoms with Gasteiger partial charge in [0.1, 0.15) is 5.75 Å². The summed E-state index contributed by atoms with van der Waals surface area (Å²) in [4.78, 5) is 20.6. The lowest BCUT2D eigenvalue weighted by Gasteiger charge is -2.34. The zero-order chi connectivity index (χ0) is 21.7. The highest BCUT2D eigenvalue weighted by Gasteiger charge is 2.45. The number of aromatic hydroxyl groups is 1. The summed E-state index contributed by atoms with van der Waals surface area (Å²) in [5, 5.41) is 20.9. The standard InChI is InChI=1S/C25H23N5O2/c31-17-7-5-16(6-8-17)21-13-18(19-14-27-29-23(19)28-21)24(32)30-15-25(9-11-26-12-10-25)20-3-1-2-4-22(20)30/h1-8,13-14,26,31H,9-12,15H2,(H,27,28,29). The van der Waals surface area contributed by atoms with Crippen molar-refractivity contribution in [3.8, 4) is 17.0 Å². The predicted octanol–water partition coefficient (Wildman–Crippen LogP) is 3.61. The number of phenols is 1. The van der Waals surface area contributed by atoms with E-state index in [0.717, 1.165) is 37.2 Å². The molecule has 7 nitrogen and oxygen atoms in total. The number of pyridine rings is 1. The highest BCUT2D eigenvalue weighted by atomic mass is 16.3. The molecule has 1 amide bonds. The number of carbonyl (C=O) groups excluding carboxylic acids is 1. The molecule has 2 aliphatic heterocycles. The Hall–Kier alpha value is -3.71. The van der Waals surface area contributed by atoms with Gasteiger partial charge in [-0.25, -0.2) is 4.98 Å². The van der Waals surface area contributed by atoms with E-state index in [1.54, 1.807) is 30.5 Å². The summed E-state index contributed by atoms with van der Waals surface area (Å²) >= 11 is 0. The Bertz CT molecular complexity index is 1320. The molecule has 0 saturated carbocycles. The van der Waals surface area contributed by atoms with Gasteiger partial charge in [0.2, 0.25) is 0 Å². The normalized spacial score (nSPS) is 17.1. The molecule has 1 spiro atoms.